The van der Waals surface area contributed by atoms with Gasteiger partial charge in [0.25, 0.3) is 0 Å². The fourth-order valence-electron chi connectivity index (χ4n) is 1.92. The van der Waals surface area contributed by atoms with E-state index in [-0.39, 0.29) is 6.10 Å². The van der Waals surface area contributed by atoms with Gasteiger partial charge >= 0.3 is 0 Å². The van der Waals surface area contributed by atoms with Crippen molar-refractivity contribution in [2.45, 2.75) is 45.8 Å². The molecule has 1 fully saturated rings. The maximum absolute atomic E-state index is 9.69. The standard InChI is InChI=1S/C12H25NO2/c1-9(2)12(14)8-13-10(3)11-4-6-15-7-5-11/h9-14H,4-8H2,1-3H3. The van der Waals surface area contributed by atoms with Crippen molar-refractivity contribution < 1.29 is 9.84 Å². The number of ether oxygens (including phenoxy) is 1. The van der Waals surface area contributed by atoms with Crippen LogP contribution >= 0.6 is 0 Å². The molecule has 1 heterocycles. The van der Waals surface area contributed by atoms with Crippen molar-refractivity contribution in [3.05, 3.63) is 0 Å². The van der Waals surface area contributed by atoms with Gasteiger partial charge in [-0.25, -0.2) is 0 Å². The Labute approximate surface area is 93.2 Å². The Hall–Kier alpha value is -0.120. The van der Waals surface area contributed by atoms with E-state index < -0.39 is 0 Å². The summed E-state index contributed by atoms with van der Waals surface area (Å²) in [7, 11) is 0. The highest BCUT2D eigenvalue weighted by molar-refractivity contribution is 4.76. The number of rotatable bonds is 5. The second-order valence-electron chi connectivity index (χ2n) is 4.96. The summed E-state index contributed by atoms with van der Waals surface area (Å²) in [5, 5.41) is 13.1. The third-order valence-corrected chi connectivity index (χ3v) is 3.39. The van der Waals surface area contributed by atoms with Crippen molar-refractivity contribution >= 4 is 0 Å². The van der Waals surface area contributed by atoms with Crippen LogP contribution in [0.5, 0.6) is 0 Å². The topological polar surface area (TPSA) is 41.5 Å². The van der Waals surface area contributed by atoms with Crippen molar-refractivity contribution in [3.63, 3.8) is 0 Å². The van der Waals surface area contributed by atoms with Crippen LogP contribution in [0.25, 0.3) is 0 Å². The normalized spacial score (nSPS) is 23.0. The van der Waals surface area contributed by atoms with Crippen LogP contribution in [0.4, 0.5) is 0 Å². The summed E-state index contributed by atoms with van der Waals surface area (Å²) in [5.41, 5.74) is 0. The molecule has 1 aliphatic rings. The molecule has 0 aromatic carbocycles. The van der Waals surface area contributed by atoms with Gasteiger partial charge in [-0.05, 0) is 31.6 Å². The number of hydrogen-bond donors (Lipinski definition) is 2. The Morgan fingerprint density at radius 1 is 1.27 bits per heavy atom. The van der Waals surface area contributed by atoms with Crippen molar-refractivity contribution in [2.75, 3.05) is 19.8 Å². The van der Waals surface area contributed by atoms with Gasteiger partial charge in [0.05, 0.1) is 6.10 Å². The van der Waals surface area contributed by atoms with Crippen molar-refractivity contribution in [1.82, 2.24) is 5.32 Å². The van der Waals surface area contributed by atoms with E-state index in [4.69, 9.17) is 4.74 Å². The molecular formula is C12H25NO2. The highest BCUT2D eigenvalue weighted by Gasteiger charge is 2.21. The van der Waals surface area contributed by atoms with Crippen LogP contribution in [0, 0.1) is 11.8 Å². The fourth-order valence-corrected chi connectivity index (χ4v) is 1.92. The molecule has 3 heteroatoms. The summed E-state index contributed by atoms with van der Waals surface area (Å²) < 4.78 is 5.34. The zero-order valence-corrected chi connectivity index (χ0v) is 10.2. The zero-order chi connectivity index (χ0) is 11.3. The number of hydrogen-bond acceptors (Lipinski definition) is 3. The van der Waals surface area contributed by atoms with Gasteiger partial charge < -0.3 is 15.2 Å². The molecule has 0 radical (unpaired) electrons. The number of nitrogens with one attached hydrogen (secondary N) is 1. The van der Waals surface area contributed by atoms with Crippen molar-refractivity contribution in [2.24, 2.45) is 11.8 Å². The fraction of sp³-hybridized carbons (Fsp3) is 1.00. The summed E-state index contributed by atoms with van der Waals surface area (Å²) in [6.07, 6.45) is 2.06. The van der Waals surface area contributed by atoms with E-state index in [2.05, 4.69) is 12.2 Å². The highest BCUT2D eigenvalue weighted by atomic mass is 16.5. The van der Waals surface area contributed by atoms with E-state index in [1.165, 1.54) is 0 Å². The van der Waals surface area contributed by atoms with Gasteiger partial charge in [-0.2, -0.15) is 0 Å². The lowest BCUT2D eigenvalue weighted by Gasteiger charge is -2.29. The van der Waals surface area contributed by atoms with Gasteiger partial charge in [-0.1, -0.05) is 13.8 Å². The Morgan fingerprint density at radius 3 is 2.40 bits per heavy atom. The van der Waals surface area contributed by atoms with Gasteiger partial charge in [0.1, 0.15) is 0 Å². The minimum Gasteiger partial charge on any atom is -0.392 e. The first-order valence-electron chi connectivity index (χ1n) is 6.10. The number of aliphatic hydroxyl groups excluding tert-OH is 1. The van der Waals surface area contributed by atoms with Crippen LogP contribution in [-0.2, 0) is 4.74 Å². The molecule has 15 heavy (non-hydrogen) atoms. The van der Waals surface area contributed by atoms with Crippen LogP contribution in [0.1, 0.15) is 33.6 Å². The van der Waals surface area contributed by atoms with Crippen LogP contribution in [-0.4, -0.2) is 37.0 Å². The van der Waals surface area contributed by atoms with Gasteiger partial charge in [0.2, 0.25) is 0 Å². The molecule has 2 atom stereocenters. The van der Waals surface area contributed by atoms with E-state index in [1.54, 1.807) is 0 Å². The second-order valence-corrected chi connectivity index (χ2v) is 4.96. The molecule has 90 valence electrons. The van der Waals surface area contributed by atoms with Gasteiger partial charge in [0.15, 0.2) is 0 Å². The summed E-state index contributed by atoms with van der Waals surface area (Å²) >= 11 is 0. The van der Waals surface area contributed by atoms with E-state index in [9.17, 15) is 5.11 Å². The Bertz CT molecular complexity index is 167. The lowest BCUT2D eigenvalue weighted by molar-refractivity contribution is 0.0518. The molecule has 0 aromatic heterocycles. The SMILES string of the molecule is CC(C)C(O)CNC(C)C1CCOCC1. The maximum atomic E-state index is 9.69. The minimum absolute atomic E-state index is 0.229. The van der Waals surface area contributed by atoms with Gasteiger partial charge in [-0.15, -0.1) is 0 Å². The molecule has 1 rings (SSSR count). The first kappa shape index (κ1) is 12.9. The average Bonchev–Trinajstić information content (AvgIpc) is 2.26. The predicted molar refractivity (Wildman–Crippen MR) is 61.9 cm³/mol. The van der Waals surface area contributed by atoms with Crippen molar-refractivity contribution in [3.8, 4) is 0 Å². The Kier molecular flexibility index (Phi) is 5.58. The Morgan fingerprint density at radius 2 is 1.87 bits per heavy atom. The minimum atomic E-state index is -0.229. The lowest BCUT2D eigenvalue weighted by Crippen LogP contribution is -2.41. The second kappa shape index (κ2) is 6.46. The largest absolute Gasteiger partial charge is 0.392 e. The molecule has 0 saturated carbocycles. The molecule has 2 unspecified atom stereocenters. The van der Waals surface area contributed by atoms with Gasteiger partial charge in [0, 0.05) is 25.8 Å². The monoisotopic (exact) mass is 215 g/mol. The molecule has 0 aromatic rings. The highest BCUT2D eigenvalue weighted by Crippen LogP contribution is 2.18. The predicted octanol–water partition coefficient (Wildman–Crippen LogP) is 1.41. The first-order valence-corrected chi connectivity index (χ1v) is 6.10. The van der Waals surface area contributed by atoms with Crippen LogP contribution in [0.2, 0.25) is 0 Å². The molecule has 2 N–H and O–H groups in total. The number of aliphatic hydroxyl groups is 1. The lowest BCUT2D eigenvalue weighted by atomic mass is 9.92. The molecular weight excluding hydrogens is 190 g/mol. The smallest absolute Gasteiger partial charge is 0.0687 e. The third-order valence-electron chi connectivity index (χ3n) is 3.39. The average molecular weight is 215 g/mol. The molecule has 1 saturated heterocycles. The molecule has 0 amide bonds. The van der Waals surface area contributed by atoms with Crippen LogP contribution in [0.15, 0.2) is 0 Å². The van der Waals surface area contributed by atoms with Crippen molar-refractivity contribution in [1.29, 1.82) is 0 Å². The Balaban J connectivity index is 2.19. The van der Waals surface area contributed by atoms with E-state index >= 15 is 0 Å². The molecule has 1 aliphatic heterocycles. The molecule has 0 aliphatic carbocycles. The molecule has 0 bridgehead atoms. The van der Waals surface area contributed by atoms with Gasteiger partial charge in [-0.3, -0.25) is 0 Å². The summed E-state index contributed by atoms with van der Waals surface area (Å²) in [4.78, 5) is 0. The van der Waals surface area contributed by atoms with E-state index in [1.807, 2.05) is 13.8 Å². The molecule has 0 spiro atoms. The summed E-state index contributed by atoms with van der Waals surface area (Å²) in [5.74, 6) is 1.04. The quantitative estimate of drug-likeness (QED) is 0.728. The van der Waals surface area contributed by atoms with E-state index in [0.29, 0.717) is 24.4 Å². The maximum Gasteiger partial charge on any atom is 0.0687 e. The molecule has 3 nitrogen and oxygen atoms in total. The van der Waals surface area contributed by atoms with Crippen LogP contribution in [0.3, 0.4) is 0 Å². The first-order chi connectivity index (χ1) is 7.11. The van der Waals surface area contributed by atoms with E-state index in [0.717, 1.165) is 26.1 Å². The third kappa shape index (κ3) is 4.49. The summed E-state index contributed by atoms with van der Waals surface area (Å²) in [6.45, 7) is 8.79. The van der Waals surface area contributed by atoms with Crippen LogP contribution < -0.4 is 5.32 Å². The summed E-state index contributed by atoms with van der Waals surface area (Å²) in [6, 6.07) is 0.488. The zero-order valence-electron chi connectivity index (χ0n) is 10.2.